The van der Waals surface area contributed by atoms with E-state index in [2.05, 4.69) is 4.98 Å². The second kappa shape index (κ2) is 7.80. The minimum atomic E-state index is -0.150. The van der Waals surface area contributed by atoms with Crippen LogP contribution in [0.3, 0.4) is 0 Å². The molecule has 7 heteroatoms. The first-order valence-corrected chi connectivity index (χ1v) is 11.4. The van der Waals surface area contributed by atoms with E-state index in [4.69, 9.17) is 16.6 Å². The number of hydrogen-bond acceptors (Lipinski definition) is 5. The molecule has 0 radical (unpaired) electrons. The van der Waals surface area contributed by atoms with Gasteiger partial charge in [-0.25, -0.2) is 9.97 Å². The highest BCUT2D eigenvalue weighted by atomic mass is 35.5. The molecular weight excluding hydrogens is 434 g/mol. The predicted molar refractivity (Wildman–Crippen MR) is 126 cm³/mol. The number of benzene rings is 3. The first-order chi connectivity index (χ1) is 14.6. The van der Waals surface area contributed by atoms with E-state index in [1.807, 2.05) is 73.7 Å². The minimum absolute atomic E-state index is 0.150. The molecule has 0 aliphatic carbocycles. The van der Waals surface area contributed by atoms with Gasteiger partial charge in [-0.05, 0) is 42.3 Å². The third-order valence-electron chi connectivity index (χ3n) is 4.87. The number of amides is 1. The summed E-state index contributed by atoms with van der Waals surface area (Å²) in [6.07, 6.45) is 0. The lowest BCUT2D eigenvalue weighted by atomic mass is 10.2. The highest BCUT2D eigenvalue weighted by molar-refractivity contribution is 7.23. The maximum atomic E-state index is 13.6. The quantitative estimate of drug-likeness (QED) is 0.306. The summed E-state index contributed by atoms with van der Waals surface area (Å²) < 4.78 is 1.99. The summed E-state index contributed by atoms with van der Waals surface area (Å²) >= 11 is 9.18. The number of para-hydroxylation sites is 1. The molecule has 148 valence electrons. The van der Waals surface area contributed by atoms with E-state index in [1.54, 1.807) is 4.90 Å². The molecule has 30 heavy (non-hydrogen) atoms. The summed E-state index contributed by atoms with van der Waals surface area (Å²) in [7, 11) is 0. The Morgan fingerprint density at radius 2 is 1.70 bits per heavy atom. The van der Waals surface area contributed by atoms with Crippen molar-refractivity contribution < 1.29 is 4.79 Å². The van der Waals surface area contributed by atoms with Gasteiger partial charge in [0, 0.05) is 5.02 Å². The largest absolute Gasteiger partial charge is 0.289 e. The normalized spacial score (nSPS) is 11.3. The van der Waals surface area contributed by atoms with Gasteiger partial charge >= 0.3 is 0 Å². The fourth-order valence-electron chi connectivity index (χ4n) is 3.28. The van der Waals surface area contributed by atoms with Gasteiger partial charge in [0.1, 0.15) is 0 Å². The number of rotatable bonds is 4. The van der Waals surface area contributed by atoms with Crippen LogP contribution in [0.5, 0.6) is 0 Å². The Morgan fingerprint density at radius 1 is 0.933 bits per heavy atom. The summed E-state index contributed by atoms with van der Waals surface area (Å²) in [6.45, 7) is 2.37. The van der Waals surface area contributed by atoms with Crippen LogP contribution in [0.4, 0.5) is 5.13 Å². The zero-order chi connectivity index (χ0) is 20.7. The maximum Gasteiger partial charge on any atom is 0.289 e. The molecule has 0 bridgehead atoms. The smallest absolute Gasteiger partial charge is 0.277 e. The van der Waals surface area contributed by atoms with E-state index in [-0.39, 0.29) is 5.91 Å². The van der Waals surface area contributed by atoms with Crippen LogP contribution in [0.2, 0.25) is 5.02 Å². The highest BCUT2D eigenvalue weighted by Crippen LogP contribution is 2.35. The topological polar surface area (TPSA) is 46.1 Å². The van der Waals surface area contributed by atoms with Gasteiger partial charge in [0.2, 0.25) is 0 Å². The first kappa shape index (κ1) is 19.2. The van der Waals surface area contributed by atoms with Crippen molar-refractivity contribution in [3.63, 3.8) is 0 Å². The standard InChI is InChI=1S/C23H16ClN3OS2/c1-14-16(24)11-12-19-20(14)26-23(30-19)27(13-15-7-3-2-4-8-15)22(28)21-25-17-9-5-6-10-18(17)29-21/h2-12H,13H2,1H3. The van der Waals surface area contributed by atoms with Crippen molar-refractivity contribution in [2.75, 3.05) is 4.90 Å². The minimum Gasteiger partial charge on any atom is -0.277 e. The number of anilines is 1. The van der Waals surface area contributed by atoms with Gasteiger partial charge < -0.3 is 0 Å². The van der Waals surface area contributed by atoms with Crippen LogP contribution in [0.15, 0.2) is 66.7 Å². The van der Waals surface area contributed by atoms with Crippen LogP contribution in [0.1, 0.15) is 20.9 Å². The van der Waals surface area contributed by atoms with Crippen molar-refractivity contribution in [1.82, 2.24) is 9.97 Å². The Kier molecular flexibility index (Phi) is 4.98. The number of carbonyl (C=O) groups excluding carboxylic acids is 1. The van der Waals surface area contributed by atoms with Crippen molar-refractivity contribution in [2.45, 2.75) is 13.5 Å². The van der Waals surface area contributed by atoms with E-state index in [1.165, 1.54) is 22.7 Å². The SMILES string of the molecule is Cc1c(Cl)ccc2sc(N(Cc3ccccc3)C(=O)c3nc4ccccc4s3)nc12. The second-order valence-electron chi connectivity index (χ2n) is 6.88. The van der Waals surface area contributed by atoms with E-state index >= 15 is 0 Å². The average Bonchev–Trinajstić information content (AvgIpc) is 3.39. The fourth-order valence-corrected chi connectivity index (χ4v) is 5.37. The van der Waals surface area contributed by atoms with Crippen LogP contribution in [0, 0.1) is 6.92 Å². The number of thiazole rings is 2. The number of hydrogen-bond donors (Lipinski definition) is 0. The summed E-state index contributed by atoms with van der Waals surface area (Å²) in [5.74, 6) is -0.150. The molecule has 0 aliphatic rings. The molecule has 5 rings (SSSR count). The van der Waals surface area contributed by atoms with Gasteiger partial charge in [-0.15, -0.1) is 11.3 Å². The second-order valence-corrected chi connectivity index (χ2v) is 9.33. The van der Waals surface area contributed by atoms with Crippen LogP contribution >= 0.6 is 34.3 Å². The van der Waals surface area contributed by atoms with E-state index in [0.717, 1.165) is 31.6 Å². The molecule has 0 aliphatic heterocycles. The highest BCUT2D eigenvalue weighted by Gasteiger charge is 2.25. The average molecular weight is 450 g/mol. The molecule has 0 N–H and O–H groups in total. The molecule has 0 atom stereocenters. The molecule has 5 aromatic rings. The summed E-state index contributed by atoms with van der Waals surface area (Å²) in [4.78, 5) is 24.6. The molecule has 2 aromatic heterocycles. The number of nitrogens with zero attached hydrogens (tertiary/aromatic N) is 3. The van der Waals surface area contributed by atoms with Crippen LogP contribution in [-0.4, -0.2) is 15.9 Å². The van der Waals surface area contributed by atoms with Gasteiger partial charge in [0.25, 0.3) is 5.91 Å². The Hall–Kier alpha value is -2.80. The van der Waals surface area contributed by atoms with Crippen molar-refractivity contribution in [3.8, 4) is 0 Å². The predicted octanol–water partition coefficient (Wildman–Crippen LogP) is 6.71. The van der Waals surface area contributed by atoms with E-state index in [0.29, 0.717) is 21.7 Å². The van der Waals surface area contributed by atoms with Gasteiger partial charge in [-0.1, -0.05) is 65.4 Å². The van der Waals surface area contributed by atoms with Crippen molar-refractivity contribution in [1.29, 1.82) is 0 Å². The molecule has 1 amide bonds. The van der Waals surface area contributed by atoms with Crippen LogP contribution in [0.25, 0.3) is 20.4 Å². The Bertz CT molecular complexity index is 1340. The molecule has 3 aromatic carbocycles. The Balaban J connectivity index is 1.61. The van der Waals surface area contributed by atoms with Gasteiger partial charge in [0.15, 0.2) is 10.1 Å². The first-order valence-electron chi connectivity index (χ1n) is 9.37. The van der Waals surface area contributed by atoms with Crippen LogP contribution in [-0.2, 0) is 6.54 Å². The lowest BCUT2D eigenvalue weighted by Crippen LogP contribution is -2.30. The van der Waals surface area contributed by atoms with Crippen molar-refractivity contribution >= 4 is 65.7 Å². The van der Waals surface area contributed by atoms with Crippen molar-refractivity contribution in [3.05, 3.63) is 87.9 Å². The monoisotopic (exact) mass is 449 g/mol. The van der Waals surface area contributed by atoms with Gasteiger partial charge in [-0.2, -0.15) is 0 Å². The molecule has 0 unspecified atom stereocenters. The van der Waals surface area contributed by atoms with Gasteiger partial charge in [-0.3, -0.25) is 9.69 Å². The Morgan fingerprint density at radius 3 is 2.50 bits per heavy atom. The maximum absolute atomic E-state index is 13.6. The number of carbonyl (C=O) groups is 1. The molecule has 2 heterocycles. The number of aryl methyl sites for hydroxylation is 1. The molecular formula is C23H16ClN3OS2. The molecule has 0 fully saturated rings. The van der Waals surface area contributed by atoms with Gasteiger partial charge in [0.05, 0.1) is 27.0 Å². The molecule has 0 saturated heterocycles. The van der Waals surface area contributed by atoms with E-state index in [9.17, 15) is 4.79 Å². The molecule has 4 nitrogen and oxygen atoms in total. The third-order valence-corrected chi connectivity index (χ3v) is 7.35. The summed E-state index contributed by atoms with van der Waals surface area (Å²) in [5, 5.41) is 1.77. The number of aromatic nitrogens is 2. The third kappa shape index (κ3) is 3.47. The zero-order valence-electron chi connectivity index (χ0n) is 16.0. The number of fused-ring (bicyclic) bond motifs is 2. The van der Waals surface area contributed by atoms with Crippen LogP contribution < -0.4 is 4.90 Å². The summed E-state index contributed by atoms with van der Waals surface area (Å²) in [5.41, 5.74) is 3.61. The molecule has 0 spiro atoms. The zero-order valence-corrected chi connectivity index (χ0v) is 18.4. The number of halogens is 1. The fraction of sp³-hybridized carbons (Fsp3) is 0.0870. The molecule has 0 saturated carbocycles. The van der Waals surface area contributed by atoms with E-state index < -0.39 is 0 Å². The summed E-state index contributed by atoms with van der Waals surface area (Å²) in [6, 6.07) is 21.5. The Labute approximate surface area is 186 Å². The lowest BCUT2D eigenvalue weighted by molar-refractivity contribution is 0.0985. The van der Waals surface area contributed by atoms with Crippen molar-refractivity contribution in [2.24, 2.45) is 0 Å². The lowest BCUT2D eigenvalue weighted by Gasteiger charge is -2.18.